The molecule has 0 atom stereocenters. The second kappa shape index (κ2) is 8.35. The van der Waals surface area contributed by atoms with Crippen molar-refractivity contribution in [2.75, 3.05) is 52.4 Å². The molecular formula is C17H35N3. The van der Waals surface area contributed by atoms with Crippen LogP contribution >= 0.6 is 0 Å². The van der Waals surface area contributed by atoms with Gasteiger partial charge in [0.2, 0.25) is 0 Å². The van der Waals surface area contributed by atoms with Crippen LogP contribution in [0.2, 0.25) is 0 Å². The van der Waals surface area contributed by atoms with Gasteiger partial charge in [-0.3, -0.25) is 4.90 Å². The molecule has 0 aromatic rings. The van der Waals surface area contributed by atoms with Crippen molar-refractivity contribution in [3.8, 4) is 0 Å². The normalized spacial score (nSPS) is 24.6. The van der Waals surface area contributed by atoms with Crippen molar-refractivity contribution in [3.63, 3.8) is 0 Å². The van der Waals surface area contributed by atoms with Crippen LogP contribution in [0.25, 0.3) is 0 Å². The van der Waals surface area contributed by atoms with Gasteiger partial charge < -0.3 is 9.80 Å². The molecule has 0 aromatic carbocycles. The number of hydrogen-bond donors (Lipinski definition) is 0. The fourth-order valence-electron chi connectivity index (χ4n) is 3.62. The standard InChI is InChI=1S/C17H35N3/c1-4-8-18-10-6-17(7-11-18)20-14-12-19(13-15-20)9-5-16(2)3/h16-17H,4-15H2,1-3H3. The minimum atomic E-state index is 0.843. The molecule has 0 saturated carbocycles. The second-order valence-corrected chi connectivity index (χ2v) is 7.13. The Hall–Kier alpha value is -0.120. The largest absolute Gasteiger partial charge is 0.303 e. The maximum absolute atomic E-state index is 2.77. The molecule has 0 amide bonds. The lowest BCUT2D eigenvalue weighted by Gasteiger charge is -2.43. The molecule has 0 radical (unpaired) electrons. The number of likely N-dealkylation sites (tertiary alicyclic amines) is 1. The maximum Gasteiger partial charge on any atom is 0.0121 e. The lowest BCUT2D eigenvalue weighted by molar-refractivity contribution is 0.0578. The maximum atomic E-state index is 2.77. The van der Waals surface area contributed by atoms with E-state index in [2.05, 4.69) is 35.5 Å². The van der Waals surface area contributed by atoms with E-state index in [0.717, 1.165) is 12.0 Å². The minimum absolute atomic E-state index is 0.843. The van der Waals surface area contributed by atoms with E-state index in [-0.39, 0.29) is 0 Å². The summed E-state index contributed by atoms with van der Waals surface area (Å²) in [6.07, 6.45) is 5.45. The fourth-order valence-corrected chi connectivity index (χ4v) is 3.62. The van der Waals surface area contributed by atoms with Gasteiger partial charge in [0.25, 0.3) is 0 Å². The number of hydrogen-bond acceptors (Lipinski definition) is 3. The third kappa shape index (κ3) is 5.01. The molecular weight excluding hydrogens is 246 g/mol. The van der Waals surface area contributed by atoms with Crippen LogP contribution in [0.4, 0.5) is 0 Å². The molecule has 0 N–H and O–H groups in total. The lowest BCUT2D eigenvalue weighted by atomic mass is 10.0. The van der Waals surface area contributed by atoms with Crippen LogP contribution in [0, 0.1) is 5.92 Å². The predicted octanol–water partition coefficient (Wildman–Crippen LogP) is 2.52. The molecule has 2 rings (SSSR count). The second-order valence-electron chi connectivity index (χ2n) is 7.13. The zero-order chi connectivity index (χ0) is 14.4. The molecule has 20 heavy (non-hydrogen) atoms. The molecule has 2 saturated heterocycles. The Labute approximate surface area is 126 Å². The quantitative estimate of drug-likeness (QED) is 0.741. The molecule has 3 nitrogen and oxygen atoms in total. The summed E-state index contributed by atoms with van der Waals surface area (Å²) >= 11 is 0. The molecule has 2 aliphatic heterocycles. The van der Waals surface area contributed by atoms with Crippen molar-refractivity contribution in [1.29, 1.82) is 0 Å². The average molecular weight is 281 g/mol. The number of rotatable bonds is 6. The summed E-state index contributed by atoms with van der Waals surface area (Å²) in [5, 5.41) is 0. The topological polar surface area (TPSA) is 9.72 Å². The van der Waals surface area contributed by atoms with Crippen molar-refractivity contribution in [2.45, 2.75) is 52.5 Å². The number of piperazine rings is 1. The molecule has 0 spiro atoms. The van der Waals surface area contributed by atoms with Gasteiger partial charge >= 0.3 is 0 Å². The SMILES string of the molecule is CCCN1CCC(N2CCN(CCC(C)C)CC2)CC1. The number of nitrogens with zero attached hydrogens (tertiary/aromatic N) is 3. The van der Waals surface area contributed by atoms with Gasteiger partial charge in [0.1, 0.15) is 0 Å². The third-order valence-electron chi connectivity index (χ3n) is 5.04. The Morgan fingerprint density at radius 3 is 2.00 bits per heavy atom. The van der Waals surface area contributed by atoms with E-state index in [4.69, 9.17) is 0 Å². The van der Waals surface area contributed by atoms with Crippen LogP contribution in [-0.2, 0) is 0 Å². The fraction of sp³-hybridized carbons (Fsp3) is 1.00. The highest BCUT2D eigenvalue weighted by atomic mass is 15.3. The summed E-state index contributed by atoms with van der Waals surface area (Å²) in [4.78, 5) is 8.09. The highest BCUT2D eigenvalue weighted by Crippen LogP contribution is 2.18. The predicted molar refractivity (Wildman–Crippen MR) is 87.2 cm³/mol. The minimum Gasteiger partial charge on any atom is -0.303 e. The van der Waals surface area contributed by atoms with Crippen LogP contribution in [0.3, 0.4) is 0 Å². The van der Waals surface area contributed by atoms with Gasteiger partial charge in [-0.2, -0.15) is 0 Å². The summed E-state index contributed by atoms with van der Waals surface area (Å²) in [6, 6.07) is 0.871. The monoisotopic (exact) mass is 281 g/mol. The summed E-state index contributed by atoms with van der Waals surface area (Å²) in [5.74, 6) is 0.843. The average Bonchev–Trinajstić information content (AvgIpc) is 2.47. The molecule has 2 heterocycles. The highest BCUT2D eigenvalue weighted by molar-refractivity contribution is 4.83. The van der Waals surface area contributed by atoms with Crippen LogP contribution in [0.5, 0.6) is 0 Å². The van der Waals surface area contributed by atoms with Crippen LogP contribution in [0.15, 0.2) is 0 Å². The molecule has 0 aliphatic carbocycles. The number of piperidine rings is 1. The molecule has 0 bridgehead atoms. The Kier molecular flexibility index (Phi) is 6.79. The van der Waals surface area contributed by atoms with Crippen molar-refractivity contribution in [3.05, 3.63) is 0 Å². The third-order valence-corrected chi connectivity index (χ3v) is 5.04. The Bertz CT molecular complexity index is 251. The van der Waals surface area contributed by atoms with Gasteiger partial charge in [-0.1, -0.05) is 20.8 Å². The first kappa shape index (κ1) is 16.3. The van der Waals surface area contributed by atoms with Gasteiger partial charge in [0.05, 0.1) is 0 Å². The zero-order valence-corrected chi connectivity index (χ0v) is 14.0. The molecule has 2 aliphatic rings. The Balaban J connectivity index is 1.64. The van der Waals surface area contributed by atoms with Gasteiger partial charge in [-0.05, 0) is 57.8 Å². The smallest absolute Gasteiger partial charge is 0.0121 e. The van der Waals surface area contributed by atoms with Crippen LogP contribution in [0.1, 0.15) is 46.5 Å². The summed E-state index contributed by atoms with van der Waals surface area (Å²) < 4.78 is 0. The molecule has 3 heteroatoms. The first-order chi connectivity index (χ1) is 9.69. The van der Waals surface area contributed by atoms with Crippen molar-refractivity contribution >= 4 is 0 Å². The van der Waals surface area contributed by atoms with Crippen LogP contribution in [-0.4, -0.2) is 73.1 Å². The van der Waals surface area contributed by atoms with E-state index < -0.39 is 0 Å². The summed E-state index contributed by atoms with van der Waals surface area (Å²) in [6.45, 7) is 17.4. The zero-order valence-electron chi connectivity index (χ0n) is 14.0. The first-order valence-electron chi connectivity index (χ1n) is 8.87. The van der Waals surface area contributed by atoms with E-state index in [1.807, 2.05) is 0 Å². The first-order valence-corrected chi connectivity index (χ1v) is 8.87. The van der Waals surface area contributed by atoms with E-state index in [9.17, 15) is 0 Å². The van der Waals surface area contributed by atoms with Crippen molar-refractivity contribution < 1.29 is 0 Å². The summed E-state index contributed by atoms with van der Waals surface area (Å²) in [5.41, 5.74) is 0. The molecule has 0 aromatic heterocycles. The highest BCUT2D eigenvalue weighted by Gasteiger charge is 2.26. The van der Waals surface area contributed by atoms with E-state index in [0.29, 0.717) is 0 Å². The Morgan fingerprint density at radius 1 is 0.850 bits per heavy atom. The Morgan fingerprint density at radius 2 is 1.45 bits per heavy atom. The van der Waals surface area contributed by atoms with Gasteiger partial charge in [0, 0.05) is 32.2 Å². The van der Waals surface area contributed by atoms with E-state index in [1.54, 1.807) is 0 Å². The molecule has 2 fully saturated rings. The van der Waals surface area contributed by atoms with Crippen molar-refractivity contribution in [1.82, 2.24) is 14.7 Å². The van der Waals surface area contributed by atoms with E-state index >= 15 is 0 Å². The van der Waals surface area contributed by atoms with Crippen molar-refractivity contribution in [2.24, 2.45) is 5.92 Å². The van der Waals surface area contributed by atoms with Crippen LogP contribution < -0.4 is 0 Å². The van der Waals surface area contributed by atoms with Gasteiger partial charge in [0.15, 0.2) is 0 Å². The van der Waals surface area contributed by atoms with Gasteiger partial charge in [-0.25, -0.2) is 0 Å². The van der Waals surface area contributed by atoms with Gasteiger partial charge in [-0.15, -0.1) is 0 Å². The summed E-state index contributed by atoms with van der Waals surface area (Å²) in [7, 11) is 0. The lowest BCUT2D eigenvalue weighted by Crippen LogP contribution is -2.53. The molecule has 118 valence electrons. The molecule has 0 unspecified atom stereocenters. The van der Waals surface area contributed by atoms with E-state index in [1.165, 1.54) is 78.0 Å².